The van der Waals surface area contributed by atoms with Gasteiger partial charge in [-0.15, -0.1) is 0 Å². The maximum Gasteiger partial charge on any atom is 0.460 e. The van der Waals surface area contributed by atoms with Crippen LogP contribution in [-0.2, 0) is 14.9 Å². The van der Waals surface area contributed by atoms with Gasteiger partial charge < -0.3 is 0 Å². The lowest BCUT2D eigenvalue weighted by molar-refractivity contribution is -0.458. The van der Waals surface area contributed by atoms with E-state index in [2.05, 4.69) is 12.6 Å². The highest BCUT2D eigenvalue weighted by atomic mass is 32.2. The lowest BCUT2D eigenvalue weighted by Gasteiger charge is -2.42. The number of Topliss-reactive ketones (excluding diaryl/α,β-unsaturated/α-hetero) is 1. The fourth-order valence-corrected chi connectivity index (χ4v) is 5.55. The SMILES string of the molecule is O=C(CC(S)C1CCCCC1)C1CCCC1.O=S(=O)(O)C(F)(F)C(F)(F)C(F)(F)C(F)(F)C(F)(F)C(F)(F)C(F)(F)C(F)(F)F. The molecule has 0 radical (unpaired) electrons. The van der Waals surface area contributed by atoms with Crippen LogP contribution in [0.1, 0.15) is 64.2 Å². The summed E-state index contributed by atoms with van der Waals surface area (Å²) >= 11 is 4.68. The van der Waals surface area contributed by atoms with E-state index in [4.69, 9.17) is 4.55 Å². The van der Waals surface area contributed by atoms with Gasteiger partial charge in [-0.25, -0.2) is 0 Å². The number of carbonyl (C=O) groups excluding carboxylic acids is 1. The summed E-state index contributed by atoms with van der Waals surface area (Å²) in [6.07, 6.45) is 4.33. The zero-order valence-electron chi connectivity index (χ0n) is 22.3. The fourth-order valence-electron chi connectivity index (χ4n) is 4.62. The zero-order chi connectivity index (χ0) is 35.9. The Morgan fingerprint density at radius 2 is 0.933 bits per heavy atom. The van der Waals surface area contributed by atoms with Gasteiger partial charge in [0.2, 0.25) is 0 Å². The number of alkyl halides is 17. The van der Waals surface area contributed by atoms with Gasteiger partial charge in [-0.2, -0.15) is 95.7 Å². The molecule has 0 bridgehead atoms. The Hall–Kier alpha value is -1.26. The van der Waals surface area contributed by atoms with Crippen molar-refractivity contribution in [3.05, 3.63) is 0 Å². The highest BCUT2D eigenvalue weighted by Gasteiger charge is 2.96. The second kappa shape index (κ2) is 13.3. The monoisotopic (exact) mass is 740 g/mol. The summed E-state index contributed by atoms with van der Waals surface area (Å²) in [6.45, 7) is 0. The molecule has 4 nitrogen and oxygen atoms in total. The van der Waals surface area contributed by atoms with Gasteiger partial charge in [0, 0.05) is 17.6 Å². The number of rotatable bonds is 11. The summed E-state index contributed by atoms with van der Waals surface area (Å²) in [6, 6.07) is 0. The van der Waals surface area contributed by atoms with E-state index in [0.29, 0.717) is 22.9 Å². The van der Waals surface area contributed by atoms with Crippen molar-refractivity contribution in [1.29, 1.82) is 0 Å². The van der Waals surface area contributed by atoms with Crippen LogP contribution in [0.3, 0.4) is 0 Å². The molecule has 2 rings (SSSR count). The predicted molar refractivity (Wildman–Crippen MR) is 123 cm³/mol. The maximum absolute atomic E-state index is 13.0. The van der Waals surface area contributed by atoms with E-state index in [9.17, 15) is 87.8 Å². The van der Waals surface area contributed by atoms with Crippen molar-refractivity contribution < 1.29 is 92.4 Å². The Balaban J connectivity index is 0.000000526. The Bertz CT molecular complexity index is 1130. The minimum Gasteiger partial charge on any atom is -0.299 e. The maximum atomic E-state index is 13.0. The Morgan fingerprint density at radius 3 is 1.29 bits per heavy atom. The van der Waals surface area contributed by atoms with E-state index in [1.54, 1.807) is 0 Å². The van der Waals surface area contributed by atoms with Crippen LogP contribution in [0, 0.1) is 11.8 Å². The molecule has 45 heavy (non-hydrogen) atoms. The topological polar surface area (TPSA) is 71.4 Å². The molecule has 0 aliphatic heterocycles. The van der Waals surface area contributed by atoms with Gasteiger partial charge >= 0.3 is 57.1 Å². The first-order chi connectivity index (χ1) is 19.8. The molecule has 0 spiro atoms. The van der Waals surface area contributed by atoms with Crippen molar-refractivity contribution in [2.75, 3.05) is 0 Å². The molecule has 0 heterocycles. The fraction of sp³-hybridized carbons (Fsp3) is 0.955. The van der Waals surface area contributed by atoms with Gasteiger partial charge in [-0.05, 0) is 31.6 Å². The smallest absolute Gasteiger partial charge is 0.299 e. The largest absolute Gasteiger partial charge is 0.460 e. The quantitative estimate of drug-likeness (QED) is 0.126. The highest BCUT2D eigenvalue weighted by molar-refractivity contribution is 7.87. The molecule has 1 N–H and O–H groups in total. The van der Waals surface area contributed by atoms with Gasteiger partial charge in [0.05, 0.1) is 0 Å². The van der Waals surface area contributed by atoms with E-state index < -0.39 is 57.1 Å². The third kappa shape index (κ3) is 7.43. The van der Waals surface area contributed by atoms with Gasteiger partial charge in [0.1, 0.15) is 5.78 Å². The predicted octanol–water partition coefficient (Wildman–Crippen LogP) is 8.86. The number of hydrogen-bond acceptors (Lipinski definition) is 4. The zero-order valence-corrected chi connectivity index (χ0v) is 24.0. The van der Waals surface area contributed by atoms with E-state index in [-0.39, 0.29) is 0 Å². The van der Waals surface area contributed by atoms with Crippen LogP contribution < -0.4 is 0 Å². The van der Waals surface area contributed by atoms with Crippen molar-refractivity contribution in [2.24, 2.45) is 11.8 Å². The molecule has 268 valence electrons. The lowest BCUT2D eigenvalue weighted by Crippen LogP contribution is -2.74. The van der Waals surface area contributed by atoms with Crippen LogP contribution in [0.4, 0.5) is 74.6 Å². The highest BCUT2D eigenvalue weighted by Crippen LogP contribution is 2.64. The number of ketones is 1. The molecule has 2 saturated carbocycles. The number of halogens is 17. The van der Waals surface area contributed by atoms with Gasteiger partial charge in [-0.1, -0.05) is 32.1 Å². The summed E-state index contributed by atoms with van der Waals surface area (Å²) < 4.78 is 242. The number of hydrogen-bond donors (Lipinski definition) is 2. The van der Waals surface area contributed by atoms with Crippen LogP contribution in [0.25, 0.3) is 0 Å². The van der Waals surface area contributed by atoms with E-state index >= 15 is 0 Å². The van der Waals surface area contributed by atoms with Crippen molar-refractivity contribution in [3.8, 4) is 0 Å². The minimum absolute atomic E-state index is 0.341. The summed E-state index contributed by atoms with van der Waals surface area (Å²) in [4.78, 5) is 12.0. The Kier molecular flexibility index (Phi) is 12.4. The number of carbonyl (C=O) groups is 1. The summed E-state index contributed by atoms with van der Waals surface area (Å²) in [5, 5.41) is -7.50. The normalized spacial score (nSPS) is 20.1. The van der Waals surface area contributed by atoms with Crippen LogP contribution in [-0.4, -0.2) is 71.0 Å². The molecule has 1 atom stereocenters. The molecular formula is C22H25F17O4S2. The van der Waals surface area contributed by atoms with Gasteiger partial charge in [0.15, 0.2) is 0 Å². The van der Waals surface area contributed by atoms with Crippen molar-refractivity contribution in [3.63, 3.8) is 0 Å². The van der Waals surface area contributed by atoms with Crippen LogP contribution in [0.2, 0.25) is 0 Å². The van der Waals surface area contributed by atoms with Crippen LogP contribution in [0.5, 0.6) is 0 Å². The molecule has 23 heteroatoms. The van der Waals surface area contributed by atoms with Gasteiger partial charge in [-0.3, -0.25) is 9.35 Å². The summed E-state index contributed by atoms with van der Waals surface area (Å²) in [7, 11) is -7.89. The van der Waals surface area contributed by atoms with Crippen LogP contribution >= 0.6 is 12.6 Å². The minimum atomic E-state index is -8.89. The first kappa shape index (κ1) is 41.8. The lowest BCUT2D eigenvalue weighted by atomic mass is 9.84. The summed E-state index contributed by atoms with van der Waals surface area (Å²) in [5.74, 6) is -50.4. The van der Waals surface area contributed by atoms with Gasteiger partial charge in [0.25, 0.3) is 0 Å². The molecule has 2 fully saturated rings. The van der Waals surface area contributed by atoms with E-state index in [1.165, 1.54) is 44.9 Å². The second-order valence-corrected chi connectivity index (χ2v) is 12.7. The Labute approximate surface area is 249 Å². The van der Waals surface area contributed by atoms with E-state index in [0.717, 1.165) is 19.3 Å². The molecule has 0 aromatic carbocycles. The molecule has 0 aromatic heterocycles. The molecule has 0 aromatic rings. The number of thiol groups is 1. The molecule has 1 unspecified atom stereocenters. The van der Waals surface area contributed by atoms with Crippen LogP contribution in [0.15, 0.2) is 0 Å². The molecule has 2 aliphatic rings. The van der Waals surface area contributed by atoms with E-state index in [1.807, 2.05) is 0 Å². The average molecular weight is 741 g/mol. The first-order valence-electron chi connectivity index (χ1n) is 12.7. The second-order valence-electron chi connectivity index (χ2n) is 10.6. The average Bonchev–Trinajstić information content (AvgIpc) is 3.43. The Morgan fingerprint density at radius 1 is 0.600 bits per heavy atom. The molecule has 0 saturated heterocycles. The summed E-state index contributed by atoms with van der Waals surface area (Å²) in [5.41, 5.74) is 0. The molecular weight excluding hydrogens is 715 g/mol. The third-order valence-corrected chi connectivity index (χ3v) is 8.94. The molecule has 2 aliphatic carbocycles. The van der Waals surface area contributed by atoms with Crippen molar-refractivity contribution in [1.82, 2.24) is 0 Å². The first-order valence-corrected chi connectivity index (χ1v) is 14.6. The standard InChI is InChI=1S/C14H24OS.C8HF17O3S/c15-13(11-6-4-5-7-11)10-14(16)12-8-2-1-3-9-12;9-1(10,3(13,14)5(17,18)7(21,22)23)2(11,12)4(15,16)6(19,20)8(24,25)29(26,27)28/h11-12,14,16H,1-10H2;(H,26,27,28). The van der Waals surface area contributed by atoms with Crippen molar-refractivity contribution >= 4 is 28.5 Å². The third-order valence-electron chi connectivity index (χ3n) is 7.43. The van der Waals surface area contributed by atoms with Crippen molar-refractivity contribution in [2.45, 2.75) is 116 Å². The molecule has 0 amide bonds.